The Labute approximate surface area is 139 Å². The summed E-state index contributed by atoms with van der Waals surface area (Å²) in [4.78, 5) is 18.1. The van der Waals surface area contributed by atoms with E-state index in [1.165, 1.54) is 11.8 Å². The fourth-order valence-corrected chi connectivity index (χ4v) is 5.61. The van der Waals surface area contributed by atoms with Crippen molar-refractivity contribution in [2.75, 3.05) is 28.8 Å². The molecule has 0 aromatic heterocycles. The average molecular weight is 354 g/mol. The van der Waals surface area contributed by atoms with Crippen LogP contribution in [0.1, 0.15) is 6.92 Å². The fraction of sp³-hybridized carbons (Fsp3) is 0.467. The van der Waals surface area contributed by atoms with Gasteiger partial charge >= 0.3 is 5.97 Å². The quantitative estimate of drug-likeness (QED) is 0.759. The number of sulfone groups is 1. The minimum atomic E-state index is -3.06. The molecule has 0 N–H and O–H groups in total. The third kappa shape index (κ3) is 3.53. The number of anilines is 1. The van der Waals surface area contributed by atoms with Crippen LogP contribution in [0.2, 0.25) is 0 Å². The number of rotatable bonds is 4. The summed E-state index contributed by atoms with van der Waals surface area (Å²) in [5.74, 6) is 0.0459. The van der Waals surface area contributed by atoms with Crippen molar-refractivity contribution in [2.24, 2.45) is 4.99 Å². The summed E-state index contributed by atoms with van der Waals surface area (Å²) >= 11 is 1.30. The van der Waals surface area contributed by atoms with Gasteiger partial charge in [0.15, 0.2) is 15.0 Å². The van der Waals surface area contributed by atoms with Crippen molar-refractivity contribution in [3.8, 4) is 0 Å². The minimum absolute atomic E-state index is 0.0739. The highest BCUT2D eigenvalue weighted by molar-refractivity contribution is 8.14. The number of benzene rings is 1. The van der Waals surface area contributed by atoms with Crippen LogP contribution >= 0.6 is 11.8 Å². The molecule has 2 heterocycles. The van der Waals surface area contributed by atoms with Crippen molar-refractivity contribution >= 4 is 38.4 Å². The molecule has 0 unspecified atom stereocenters. The number of thioether (sulfide) groups is 1. The lowest BCUT2D eigenvalue weighted by Gasteiger charge is -2.26. The normalized spacial score (nSPS) is 25.1. The lowest BCUT2D eigenvalue weighted by molar-refractivity contribution is -0.139. The highest BCUT2D eigenvalue weighted by Gasteiger charge is 2.47. The van der Waals surface area contributed by atoms with Crippen molar-refractivity contribution in [1.29, 1.82) is 0 Å². The Hall–Kier alpha value is -1.54. The second-order valence-corrected chi connectivity index (χ2v) is 8.52. The van der Waals surface area contributed by atoms with E-state index in [1.54, 1.807) is 6.92 Å². The van der Waals surface area contributed by atoms with E-state index in [-0.39, 0.29) is 35.3 Å². The zero-order valence-corrected chi connectivity index (χ0v) is 14.3. The summed E-state index contributed by atoms with van der Waals surface area (Å²) in [6.45, 7) is 2.11. The molecule has 1 aromatic rings. The van der Waals surface area contributed by atoms with E-state index < -0.39 is 9.84 Å². The predicted molar refractivity (Wildman–Crippen MR) is 91.7 cm³/mol. The monoisotopic (exact) mass is 354 g/mol. The molecule has 3 rings (SSSR count). The van der Waals surface area contributed by atoms with Crippen LogP contribution in [-0.2, 0) is 19.4 Å². The van der Waals surface area contributed by atoms with Gasteiger partial charge in [-0.25, -0.2) is 8.42 Å². The number of hydrogen-bond donors (Lipinski definition) is 0. The van der Waals surface area contributed by atoms with Crippen LogP contribution in [0.15, 0.2) is 35.3 Å². The molecule has 0 bridgehead atoms. The number of hydrogen-bond acceptors (Lipinski definition) is 7. The minimum Gasteiger partial charge on any atom is -0.465 e. The third-order valence-electron chi connectivity index (χ3n) is 3.77. The van der Waals surface area contributed by atoms with Crippen LogP contribution < -0.4 is 4.90 Å². The van der Waals surface area contributed by atoms with Crippen molar-refractivity contribution in [3.05, 3.63) is 30.3 Å². The number of esters is 1. The lowest BCUT2D eigenvalue weighted by Crippen LogP contribution is -2.39. The van der Waals surface area contributed by atoms with Crippen molar-refractivity contribution in [2.45, 2.75) is 19.0 Å². The molecule has 2 aliphatic rings. The molecule has 8 heteroatoms. The highest BCUT2D eigenvalue weighted by Crippen LogP contribution is 2.34. The zero-order valence-electron chi connectivity index (χ0n) is 12.7. The standard InChI is InChI=1S/C15H18N2O4S2/c1-2-21-14(18)8-22-15-16-12-9-23(19,20)10-13(12)17(15)11-6-4-3-5-7-11/h3-7,12-13H,2,8-10H2,1H3/t12-,13+/m1/s1. The molecule has 0 amide bonds. The first-order chi connectivity index (χ1) is 11.0. The first-order valence-electron chi connectivity index (χ1n) is 7.41. The molecule has 0 saturated carbocycles. The van der Waals surface area contributed by atoms with E-state index in [0.29, 0.717) is 11.8 Å². The Bertz CT molecular complexity index is 718. The molecule has 2 aliphatic heterocycles. The molecular weight excluding hydrogens is 336 g/mol. The van der Waals surface area contributed by atoms with Gasteiger partial charge in [0.2, 0.25) is 0 Å². The molecule has 23 heavy (non-hydrogen) atoms. The second kappa shape index (κ2) is 6.52. The third-order valence-corrected chi connectivity index (χ3v) is 6.41. The molecule has 6 nitrogen and oxygen atoms in total. The number of amidine groups is 1. The molecule has 1 fully saturated rings. The van der Waals surface area contributed by atoms with E-state index >= 15 is 0 Å². The number of para-hydroxylation sites is 1. The Morgan fingerprint density at radius 1 is 1.35 bits per heavy atom. The zero-order chi connectivity index (χ0) is 16.4. The molecule has 1 saturated heterocycles. The lowest BCUT2D eigenvalue weighted by atomic mass is 10.1. The summed E-state index contributed by atoms with van der Waals surface area (Å²) < 4.78 is 28.7. The first-order valence-corrected chi connectivity index (χ1v) is 10.2. The Morgan fingerprint density at radius 2 is 2.09 bits per heavy atom. The van der Waals surface area contributed by atoms with E-state index in [4.69, 9.17) is 4.74 Å². The van der Waals surface area contributed by atoms with Gasteiger partial charge < -0.3 is 9.64 Å². The van der Waals surface area contributed by atoms with Gasteiger partial charge in [-0.1, -0.05) is 30.0 Å². The Balaban J connectivity index is 1.83. The van der Waals surface area contributed by atoms with E-state index in [2.05, 4.69) is 4.99 Å². The van der Waals surface area contributed by atoms with Crippen LogP contribution in [0.5, 0.6) is 0 Å². The molecule has 124 valence electrons. The van der Waals surface area contributed by atoms with E-state index in [1.807, 2.05) is 35.2 Å². The van der Waals surface area contributed by atoms with Crippen LogP contribution in [0, 0.1) is 0 Å². The molecule has 0 aliphatic carbocycles. The average Bonchev–Trinajstić information content (AvgIpc) is 2.97. The van der Waals surface area contributed by atoms with Gasteiger partial charge in [-0.05, 0) is 19.1 Å². The molecule has 0 radical (unpaired) electrons. The molecule has 1 aromatic carbocycles. The van der Waals surface area contributed by atoms with Gasteiger partial charge in [-0.2, -0.15) is 0 Å². The highest BCUT2D eigenvalue weighted by atomic mass is 32.2. The van der Waals surface area contributed by atoms with Gasteiger partial charge in [-0.15, -0.1) is 0 Å². The molecule has 2 atom stereocenters. The van der Waals surface area contributed by atoms with Crippen molar-refractivity contribution in [3.63, 3.8) is 0 Å². The Morgan fingerprint density at radius 3 is 2.78 bits per heavy atom. The van der Waals surface area contributed by atoms with Gasteiger partial charge in [0.05, 0.1) is 35.9 Å². The smallest absolute Gasteiger partial charge is 0.316 e. The van der Waals surface area contributed by atoms with Gasteiger partial charge in [0.1, 0.15) is 0 Å². The van der Waals surface area contributed by atoms with Crippen molar-refractivity contribution < 1.29 is 17.9 Å². The van der Waals surface area contributed by atoms with Gasteiger partial charge in [0, 0.05) is 5.69 Å². The molecule has 0 spiro atoms. The van der Waals surface area contributed by atoms with E-state index in [9.17, 15) is 13.2 Å². The number of nitrogens with zero attached hydrogens (tertiary/aromatic N) is 2. The predicted octanol–water partition coefficient (Wildman–Crippen LogP) is 1.32. The number of aliphatic imine (C=N–C) groups is 1. The topological polar surface area (TPSA) is 76.0 Å². The fourth-order valence-electron chi connectivity index (χ4n) is 2.85. The summed E-state index contributed by atoms with van der Waals surface area (Å²) in [6, 6.07) is 9.11. The van der Waals surface area contributed by atoms with Crippen LogP contribution in [0.4, 0.5) is 5.69 Å². The van der Waals surface area contributed by atoms with Crippen molar-refractivity contribution in [1.82, 2.24) is 0 Å². The number of ether oxygens (including phenoxy) is 1. The van der Waals surface area contributed by atoms with Gasteiger partial charge in [-0.3, -0.25) is 9.79 Å². The maximum Gasteiger partial charge on any atom is 0.316 e. The van der Waals surface area contributed by atoms with Crippen LogP contribution in [-0.4, -0.2) is 55.5 Å². The van der Waals surface area contributed by atoms with E-state index in [0.717, 1.165) is 5.69 Å². The maximum absolute atomic E-state index is 11.9. The first kappa shape index (κ1) is 16.3. The largest absolute Gasteiger partial charge is 0.465 e. The van der Waals surface area contributed by atoms with Crippen LogP contribution in [0.3, 0.4) is 0 Å². The summed E-state index contributed by atoms with van der Waals surface area (Å²) in [7, 11) is -3.06. The number of carbonyl (C=O) groups excluding carboxylic acids is 1. The Kier molecular flexibility index (Phi) is 4.63. The summed E-state index contributed by atoms with van der Waals surface area (Å²) in [5.41, 5.74) is 0.896. The summed E-state index contributed by atoms with van der Waals surface area (Å²) in [5, 5.41) is 0.689. The number of fused-ring (bicyclic) bond motifs is 1. The molecular formula is C15H18N2O4S2. The number of carbonyl (C=O) groups is 1. The SMILES string of the molecule is CCOC(=O)CSC1=N[C@@H]2CS(=O)(=O)C[C@@H]2N1c1ccccc1. The second-order valence-electron chi connectivity index (χ2n) is 5.42. The summed E-state index contributed by atoms with van der Waals surface area (Å²) in [6.07, 6.45) is 0. The van der Waals surface area contributed by atoms with Crippen LogP contribution in [0.25, 0.3) is 0 Å². The van der Waals surface area contributed by atoms with Gasteiger partial charge in [0.25, 0.3) is 0 Å². The maximum atomic E-state index is 11.9.